The number of pyridine rings is 1. The molecule has 0 unspecified atom stereocenters. The average Bonchev–Trinajstić information content (AvgIpc) is 2.88. The molecule has 8 heteroatoms. The summed E-state index contributed by atoms with van der Waals surface area (Å²) in [4.78, 5) is 16.3. The van der Waals surface area contributed by atoms with E-state index < -0.39 is 11.9 Å². The third kappa shape index (κ3) is 3.53. The Bertz CT molecular complexity index is 613. The summed E-state index contributed by atoms with van der Waals surface area (Å²) in [6.07, 6.45) is 1.80. The lowest BCUT2D eigenvalue weighted by Gasteiger charge is -2.24. The van der Waals surface area contributed by atoms with E-state index in [1.54, 1.807) is 24.7 Å². The lowest BCUT2D eigenvalue weighted by Crippen LogP contribution is -2.40. The molecule has 7 nitrogen and oxygen atoms in total. The van der Waals surface area contributed by atoms with Gasteiger partial charge in [0.15, 0.2) is 0 Å². The van der Waals surface area contributed by atoms with Gasteiger partial charge in [-0.15, -0.1) is 5.10 Å². The molecule has 0 bridgehead atoms. The summed E-state index contributed by atoms with van der Waals surface area (Å²) in [6.45, 7) is 4.36. The number of aromatic nitrogens is 4. The number of hydrogen-bond acceptors (Lipinski definition) is 4. The van der Waals surface area contributed by atoms with E-state index >= 15 is 0 Å². The van der Waals surface area contributed by atoms with Gasteiger partial charge in [-0.2, -0.15) is 0 Å². The molecular formula is C13H16FN5O2. The molecule has 2 heterocycles. The molecule has 0 aliphatic heterocycles. The molecular weight excluding hydrogens is 277 g/mol. The largest absolute Gasteiger partial charge is 0.465 e. The van der Waals surface area contributed by atoms with Gasteiger partial charge in [-0.1, -0.05) is 5.21 Å². The van der Waals surface area contributed by atoms with Crippen molar-refractivity contribution in [2.24, 2.45) is 0 Å². The van der Waals surface area contributed by atoms with E-state index in [0.717, 1.165) is 6.20 Å². The van der Waals surface area contributed by atoms with E-state index in [9.17, 15) is 9.18 Å². The fourth-order valence-electron chi connectivity index (χ4n) is 2.04. The van der Waals surface area contributed by atoms with Crippen LogP contribution in [0, 0.1) is 5.82 Å². The molecule has 0 saturated heterocycles. The normalized spacial score (nSPS) is 12.1. The molecule has 0 radical (unpaired) electrons. The average molecular weight is 293 g/mol. The van der Waals surface area contributed by atoms with Crippen LogP contribution < -0.4 is 0 Å². The zero-order chi connectivity index (χ0) is 15.4. The predicted molar refractivity (Wildman–Crippen MR) is 73.1 cm³/mol. The van der Waals surface area contributed by atoms with E-state index in [4.69, 9.17) is 5.11 Å². The Labute approximate surface area is 121 Å². The van der Waals surface area contributed by atoms with Crippen molar-refractivity contribution in [2.75, 3.05) is 6.54 Å². The molecule has 0 saturated carbocycles. The first-order chi connectivity index (χ1) is 10.0. The molecule has 0 aliphatic carbocycles. The first kappa shape index (κ1) is 14.9. The van der Waals surface area contributed by atoms with Crippen LogP contribution in [0.3, 0.4) is 0 Å². The lowest BCUT2D eigenvalue weighted by molar-refractivity contribution is 0.125. The Hall–Kier alpha value is -2.51. The minimum absolute atomic E-state index is 0.233. The van der Waals surface area contributed by atoms with Gasteiger partial charge in [0.2, 0.25) is 0 Å². The van der Waals surface area contributed by atoms with Crippen molar-refractivity contribution in [1.29, 1.82) is 0 Å². The zero-order valence-corrected chi connectivity index (χ0v) is 11.8. The van der Waals surface area contributed by atoms with Crippen molar-refractivity contribution in [2.45, 2.75) is 26.4 Å². The van der Waals surface area contributed by atoms with Crippen LogP contribution in [0.1, 0.15) is 13.8 Å². The Morgan fingerprint density at radius 1 is 1.48 bits per heavy atom. The number of amides is 1. The number of halogens is 1. The van der Waals surface area contributed by atoms with Gasteiger partial charge in [-0.25, -0.2) is 13.9 Å². The van der Waals surface area contributed by atoms with E-state index in [1.807, 2.05) is 0 Å². The van der Waals surface area contributed by atoms with Gasteiger partial charge >= 0.3 is 6.09 Å². The van der Waals surface area contributed by atoms with Crippen LogP contribution in [0.5, 0.6) is 0 Å². The quantitative estimate of drug-likeness (QED) is 0.909. The second kappa shape index (κ2) is 6.29. The number of carbonyl (C=O) groups is 1. The van der Waals surface area contributed by atoms with Gasteiger partial charge in [0.1, 0.15) is 11.5 Å². The van der Waals surface area contributed by atoms with E-state index in [2.05, 4.69) is 15.3 Å². The molecule has 2 aromatic rings. The van der Waals surface area contributed by atoms with Crippen molar-refractivity contribution in [3.8, 4) is 11.4 Å². The molecule has 0 spiro atoms. The first-order valence-electron chi connectivity index (χ1n) is 6.53. The Balaban J connectivity index is 2.09. The van der Waals surface area contributed by atoms with Crippen LogP contribution in [0.15, 0.2) is 24.5 Å². The maximum Gasteiger partial charge on any atom is 0.407 e. The van der Waals surface area contributed by atoms with Gasteiger partial charge in [0, 0.05) is 6.54 Å². The molecule has 112 valence electrons. The summed E-state index contributed by atoms with van der Waals surface area (Å²) in [5, 5.41) is 17.0. The molecule has 0 aromatic carbocycles. The van der Waals surface area contributed by atoms with Crippen LogP contribution in [0.25, 0.3) is 11.4 Å². The van der Waals surface area contributed by atoms with Crippen LogP contribution in [-0.2, 0) is 6.54 Å². The van der Waals surface area contributed by atoms with E-state index in [1.165, 1.54) is 17.0 Å². The molecule has 1 N–H and O–H groups in total. The Kier molecular flexibility index (Phi) is 4.46. The monoisotopic (exact) mass is 293 g/mol. The number of hydrogen-bond donors (Lipinski definition) is 1. The van der Waals surface area contributed by atoms with Gasteiger partial charge < -0.3 is 10.0 Å². The highest BCUT2D eigenvalue weighted by Gasteiger charge is 2.18. The van der Waals surface area contributed by atoms with Crippen LogP contribution >= 0.6 is 0 Å². The maximum absolute atomic E-state index is 12.8. The van der Waals surface area contributed by atoms with Crippen molar-refractivity contribution in [1.82, 2.24) is 24.9 Å². The molecule has 2 aromatic heterocycles. The topological polar surface area (TPSA) is 84.1 Å². The second-order valence-corrected chi connectivity index (χ2v) is 4.61. The van der Waals surface area contributed by atoms with Gasteiger partial charge in [-0.3, -0.25) is 4.98 Å². The van der Waals surface area contributed by atoms with Crippen molar-refractivity contribution in [3.63, 3.8) is 0 Å². The maximum atomic E-state index is 12.8. The number of nitrogens with zero attached hydrogens (tertiary/aromatic N) is 5. The van der Waals surface area contributed by atoms with Crippen LogP contribution in [0.2, 0.25) is 0 Å². The second-order valence-electron chi connectivity index (χ2n) is 4.61. The van der Waals surface area contributed by atoms with Gasteiger partial charge in [-0.05, 0) is 26.0 Å². The van der Waals surface area contributed by atoms with Crippen molar-refractivity contribution in [3.05, 3.63) is 30.3 Å². The summed E-state index contributed by atoms with van der Waals surface area (Å²) in [6, 6.07) is 2.58. The van der Waals surface area contributed by atoms with E-state index in [-0.39, 0.29) is 6.04 Å². The minimum Gasteiger partial charge on any atom is -0.465 e. The van der Waals surface area contributed by atoms with Crippen LogP contribution in [-0.4, -0.2) is 48.7 Å². The smallest absolute Gasteiger partial charge is 0.407 e. The minimum atomic E-state index is -0.967. The highest BCUT2D eigenvalue weighted by Crippen LogP contribution is 2.13. The molecule has 0 fully saturated rings. The number of likely N-dealkylation sites (N-methyl/N-ethyl adjacent to an activating group) is 1. The number of carboxylic acid groups (broad SMARTS) is 1. The summed E-state index contributed by atoms with van der Waals surface area (Å²) in [7, 11) is 0. The van der Waals surface area contributed by atoms with Gasteiger partial charge in [0.05, 0.1) is 30.7 Å². The fraction of sp³-hybridized carbons (Fsp3) is 0.385. The fourth-order valence-corrected chi connectivity index (χ4v) is 2.04. The summed E-state index contributed by atoms with van der Waals surface area (Å²) in [5.41, 5.74) is 1.03. The van der Waals surface area contributed by atoms with Crippen molar-refractivity contribution >= 4 is 6.09 Å². The van der Waals surface area contributed by atoms with Crippen molar-refractivity contribution < 1.29 is 14.3 Å². The molecule has 21 heavy (non-hydrogen) atoms. The third-order valence-electron chi connectivity index (χ3n) is 3.10. The Morgan fingerprint density at radius 3 is 2.81 bits per heavy atom. The molecule has 1 amide bonds. The van der Waals surface area contributed by atoms with Crippen LogP contribution in [0.4, 0.5) is 9.18 Å². The molecule has 0 aliphatic rings. The Morgan fingerprint density at radius 2 is 2.24 bits per heavy atom. The predicted octanol–water partition coefficient (Wildman–Crippen LogP) is 1.87. The molecule has 2 rings (SSSR count). The SMILES string of the molecule is CCN(C(=O)O)[C@@H](C)Cn1cc(-c2ccc(F)cn2)nn1. The summed E-state index contributed by atoms with van der Waals surface area (Å²) < 4.78 is 14.4. The molecule has 1 atom stereocenters. The number of rotatable bonds is 5. The standard InChI is InChI=1S/C13H16FN5O2/c1-3-19(13(20)21)9(2)7-18-8-12(16-17-18)11-5-4-10(14)6-15-11/h4-6,8-9H,3,7H2,1-2H3,(H,20,21)/t9-/m0/s1. The zero-order valence-electron chi connectivity index (χ0n) is 11.8. The summed E-state index contributed by atoms with van der Waals surface area (Å²) in [5.74, 6) is -0.417. The third-order valence-corrected chi connectivity index (χ3v) is 3.10. The van der Waals surface area contributed by atoms with Gasteiger partial charge in [0.25, 0.3) is 0 Å². The van der Waals surface area contributed by atoms with E-state index in [0.29, 0.717) is 24.5 Å². The lowest BCUT2D eigenvalue weighted by atomic mass is 10.3. The highest BCUT2D eigenvalue weighted by atomic mass is 19.1. The first-order valence-corrected chi connectivity index (χ1v) is 6.53. The highest BCUT2D eigenvalue weighted by molar-refractivity contribution is 5.65. The summed E-state index contributed by atoms with van der Waals surface area (Å²) >= 11 is 0.